The molecule has 0 aliphatic carbocycles. The fourth-order valence-corrected chi connectivity index (χ4v) is 4.93. The zero-order valence-corrected chi connectivity index (χ0v) is 22.2. The normalized spacial score (nSPS) is 13.9. The molecule has 198 valence electrons. The van der Waals surface area contributed by atoms with E-state index in [4.69, 9.17) is 23.4 Å². The third-order valence-corrected chi connectivity index (χ3v) is 7.10. The second-order valence-corrected chi connectivity index (χ2v) is 9.16. The summed E-state index contributed by atoms with van der Waals surface area (Å²) in [4.78, 5) is 18.4. The summed E-state index contributed by atoms with van der Waals surface area (Å²) in [7, 11) is 6.50. The highest BCUT2D eigenvalue weighted by Crippen LogP contribution is 2.36. The highest BCUT2D eigenvalue weighted by Gasteiger charge is 2.23. The molecule has 0 spiro atoms. The minimum atomic E-state index is -0.116. The van der Waals surface area contributed by atoms with E-state index in [1.807, 2.05) is 24.3 Å². The number of hydrogen-bond donors (Lipinski definition) is 0. The summed E-state index contributed by atoms with van der Waals surface area (Å²) in [6.07, 6.45) is 1.52. The van der Waals surface area contributed by atoms with Gasteiger partial charge in [0.05, 0.1) is 39.4 Å². The van der Waals surface area contributed by atoms with E-state index in [2.05, 4.69) is 21.9 Å². The molecule has 1 saturated heterocycles. The van der Waals surface area contributed by atoms with Crippen LogP contribution in [-0.4, -0.2) is 59.5 Å². The molecule has 0 saturated carbocycles. The maximum absolute atomic E-state index is 13.6. The van der Waals surface area contributed by atoms with Crippen molar-refractivity contribution in [2.75, 3.05) is 59.5 Å². The van der Waals surface area contributed by atoms with E-state index >= 15 is 0 Å². The van der Waals surface area contributed by atoms with Crippen molar-refractivity contribution in [2.45, 2.75) is 6.54 Å². The smallest absolute Gasteiger partial charge is 0.200 e. The second-order valence-electron chi connectivity index (χ2n) is 9.16. The molecule has 0 radical (unpaired) electrons. The van der Waals surface area contributed by atoms with E-state index < -0.39 is 0 Å². The van der Waals surface area contributed by atoms with Gasteiger partial charge in [0, 0.05) is 61.7 Å². The minimum Gasteiger partial charge on any atom is -0.497 e. The van der Waals surface area contributed by atoms with E-state index in [9.17, 15) is 4.79 Å². The molecule has 0 N–H and O–H groups in total. The fourth-order valence-electron chi connectivity index (χ4n) is 4.93. The molecule has 8 nitrogen and oxygen atoms in total. The molecule has 0 amide bonds. The number of rotatable bonds is 8. The van der Waals surface area contributed by atoms with Gasteiger partial charge < -0.3 is 28.3 Å². The molecule has 1 aliphatic rings. The van der Waals surface area contributed by atoms with E-state index in [-0.39, 0.29) is 5.43 Å². The maximum Gasteiger partial charge on any atom is 0.200 e. The van der Waals surface area contributed by atoms with Crippen LogP contribution in [0.3, 0.4) is 0 Å². The maximum atomic E-state index is 13.6. The molecular weight excluding hydrogens is 484 g/mol. The van der Waals surface area contributed by atoms with E-state index in [1.165, 1.54) is 12.0 Å². The van der Waals surface area contributed by atoms with Crippen LogP contribution in [0, 0.1) is 0 Å². The van der Waals surface area contributed by atoms with Crippen molar-refractivity contribution in [3.63, 3.8) is 0 Å². The van der Waals surface area contributed by atoms with Gasteiger partial charge in [-0.1, -0.05) is 0 Å². The summed E-state index contributed by atoms with van der Waals surface area (Å²) < 4.78 is 27.8. The SMILES string of the molecule is COc1ccc(N2CCN(Cc3c(OC)cc(OC)cc3-c3coc4cc(OC)ccc4c3=O)CC2)cc1. The Hall–Kier alpha value is -4.17. The first-order valence-electron chi connectivity index (χ1n) is 12.5. The topological polar surface area (TPSA) is 73.6 Å². The van der Waals surface area contributed by atoms with Crippen LogP contribution in [0.25, 0.3) is 22.1 Å². The lowest BCUT2D eigenvalue weighted by atomic mass is 9.97. The van der Waals surface area contributed by atoms with Crippen molar-refractivity contribution in [3.05, 3.63) is 76.6 Å². The summed E-state index contributed by atoms with van der Waals surface area (Å²) in [6, 6.07) is 17.1. The zero-order chi connectivity index (χ0) is 26.6. The summed E-state index contributed by atoms with van der Waals surface area (Å²) >= 11 is 0. The summed E-state index contributed by atoms with van der Waals surface area (Å²) in [5.41, 5.74) is 3.67. The van der Waals surface area contributed by atoms with E-state index in [0.717, 1.165) is 43.1 Å². The zero-order valence-electron chi connectivity index (χ0n) is 22.2. The van der Waals surface area contributed by atoms with Crippen LogP contribution in [-0.2, 0) is 6.54 Å². The number of ether oxygens (including phenoxy) is 4. The fraction of sp³-hybridized carbons (Fsp3) is 0.300. The Labute approximate surface area is 221 Å². The standard InChI is InChI=1S/C30H32N2O6/c1-34-21-7-5-20(6-8-21)32-13-11-31(12-14-32)18-26-25(15-23(36-3)17-28(26)37-4)27-19-38-29-16-22(35-2)9-10-24(29)30(27)33/h5-10,15-17,19H,11-14,18H2,1-4H3. The highest BCUT2D eigenvalue weighted by molar-refractivity contribution is 5.84. The predicted octanol–water partition coefficient (Wildman–Crippen LogP) is 4.82. The number of piperazine rings is 1. The lowest BCUT2D eigenvalue weighted by Crippen LogP contribution is -2.46. The van der Waals surface area contributed by atoms with Crippen LogP contribution in [0.5, 0.6) is 23.0 Å². The largest absolute Gasteiger partial charge is 0.497 e. The van der Waals surface area contributed by atoms with Crippen LogP contribution in [0.1, 0.15) is 5.56 Å². The Morgan fingerprint density at radius 2 is 1.42 bits per heavy atom. The van der Waals surface area contributed by atoms with Crippen molar-refractivity contribution in [2.24, 2.45) is 0 Å². The van der Waals surface area contributed by atoms with Crippen molar-refractivity contribution >= 4 is 16.7 Å². The Kier molecular flexibility index (Phi) is 7.42. The van der Waals surface area contributed by atoms with Gasteiger partial charge in [-0.3, -0.25) is 9.69 Å². The van der Waals surface area contributed by atoms with Gasteiger partial charge in [-0.25, -0.2) is 0 Å². The number of methoxy groups -OCH3 is 4. The number of nitrogens with zero attached hydrogens (tertiary/aromatic N) is 2. The van der Waals surface area contributed by atoms with Gasteiger partial charge in [0.15, 0.2) is 0 Å². The van der Waals surface area contributed by atoms with E-state index in [1.54, 1.807) is 46.6 Å². The summed E-state index contributed by atoms with van der Waals surface area (Å²) in [6.45, 7) is 4.14. The molecule has 38 heavy (non-hydrogen) atoms. The number of hydrogen-bond acceptors (Lipinski definition) is 8. The third-order valence-electron chi connectivity index (χ3n) is 7.10. The molecule has 1 aliphatic heterocycles. The van der Waals surface area contributed by atoms with Crippen molar-refractivity contribution in [1.29, 1.82) is 0 Å². The quantitative estimate of drug-likeness (QED) is 0.330. The molecule has 0 atom stereocenters. The van der Waals surface area contributed by atoms with Gasteiger partial charge in [0.1, 0.15) is 34.8 Å². The third kappa shape index (κ3) is 4.99. The predicted molar refractivity (Wildman–Crippen MR) is 148 cm³/mol. The lowest BCUT2D eigenvalue weighted by molar-refractivity contribution is 0.246. The Morgan fingerprint density at radius 1 is 0.737 bits per heavy atom. The molecule has 1 fully saturated rings. The Morgan fingerprint density at radius 3 is 2.08 bits per heavy atom. The van der Waals surface area contributed by atoms with Crippen LogP contribution in [0.4, 0.5) is 5.69 Å². The number of fused-ring (bicyclic) bond motifs is 1. The number of anilines is 1. The van der Waals surface area contributed by atoms with Crippen LogP contribution in [0.15, 0.2) is 70.1 Å². The first-order valence-corrected chi connectivity index (χ1v) is 12.5. The van der Waals surface area contributed by atoms with Gasteiger partial charge in [-0.05, 0) is 42.5 Å². The van der Waals surface area contributed by atoms with Gasteiger partial charge >= 0.3 is 0 Å². The average molecular weight is 517 g/mol. The van der Waals surface area contributed by atoms with Crippen LogP contribution >= 0.6 is 0 Å². The van der Waals surface area contributed by atoms with Crippen LogP contribution < -0.4 is 29.3 Å². The lowest BCUT2D eigenvalue weighted by Gasteiger charge is -2.36. The molecule has 0 unspecified atom stereocenters. The Bertz CT molecular complexity index is 1470. The van der Waals surface area contributed by atoms with Crippen molar-refractivity contribution in [3.8, 4) is 34.1 Å². The molecule has 2 heterocycles. The van der Waals surface area contributed by atoms with Gasteiger partial charge in [0.25, 0.3) is 0 Å². The summed E-state index contributed by atoms with van der Waals surface area (Å²) in [5, 5.41) is 0.490. The van der Waals surface area contributed by atoms with Crippen LogP contribution in [0.2, 0.25) is 0 Å². The molecule has 5 rings (SSSR count). The molecular formula is C30H32N2O6. The molecule has 3 aromatic carbocycles. The van der Waals surface area contributed by atoms with Gasteiger partial charge in [-0.15, -0.1) is 0 Å². The second kappa shape index (κ2) is 11.1. The molecule has 1 aromatic heterocycles. The average Bonchev–Trinajstić information content (AvgIpc) is 2.97. The van der Waals surface area contributed by atoms with Gasteiger partial charge in [0.2, 0.25) is 5.43 Å². The first-order chi connectivity index (χ1) is 18.5. The van der Waals surface area contributed by atoms with Crippen molar-refractivity contribution < 1.29 is 23.4 Å². The first kappa shape index (κ1) is 25.5. The Balaban J connectivity index is 1.45. The highest BCUT2D eigenvalue weighted by atomic mass is 16.5. The monoisotopic (exact) mass is 516 g/mol. The van der Waals surface area contributed by atoms with Crippen molar-refractivity contribution in [1.82, 2.24) is 4.90 Å². The van der Waals surface area contributed by atoms with Gasteiger partial charge in [-0.2, -0.15) is 0 Å². The molecule has 8 heteroatoms. The summed E-state index contributed by atoms with van der Waals surface area (Å²) in [5.74, 6) is 2.76. The van der Waals surface area contributed by atoms with E-state index in [0.29, 0.717) is 40.3 Å². The number of benzene rings is 3. The molecule has 0 bridgehead atoms. The minimum absolute atomic E-state index is 0.116. The molecule has 4 aromatic rings.